The van der Waals surface area contributed by atoms with Crippen molar-refractivity contribution in [1.29, 1.82) is 0 Å². The third-order valence-corrected chi connectivity index (χ3v) is 7.02. The first-order valence-electron chi connectivity index (χ1n) is 11.3. The molecule has 0 amide bonds. The molecule has 8 nitrogen and oxygen atoms in total. The molecule has 3 heterocycles. The second-order valence-corrected chi connectivity index (χ2v) is 9.06. The van der Waals surface area contributed by atoms with Crippen LogP contribution in [-0.2, 0) is 21.6 Å². The minimum Gasteiger partial charge on any atom is -0.507 e. The molecule has 35 heavy (non-hydrogen) atoms. The number of benzene rings is 2. The summed E-state index contributed by atoms with van der Waals surface area (Å²) in [7, 11) is 0. The van der Waals surface area contributed by atoms with Crippen LogP contribution in [0.4, 0.5) is 0 Å². The second kappa shape index (κ2) is 7.09. The first kappa shape index (κ1) is 21.2. The van der Waals surface area contributed by atoms with Gasteiger partial charge in [-0.15, -0.1) is 0 Å². The molecular weight excluding hydrogens is 448 g/mol. The van der Waals surface area contributed by atoms with Gasteiger partial charge in [-0.2, -0.15) is 0 Å². The number of aromatic amines is 1. The molecule has 0 saturated heterocycles. The topological polar surface area (TPSA) is 118 Å². The molecule has 2 aliphatic heterocycles. The zero-order chi connectivity index (χ0) is 24.6. The summed E-state index contributed by atoms with van der Waals surface area (Å²) in [5.41, 5.74) is 1.75. The Labute approximate surface area is 200 Å². The molecule has 1 unspecified atom stereocenters. The second-order valence-electron chi connectivity index (χ2n) is 9.06. The van der Waals surface area contributed by atoms with Crippen LogP contribution < -0.4 is 14.8 Å². The molecule has 0 saturated carbocycles. The van der Waals surface area contributed by atoms with Gasteiger partial charge >= 0.3 is 0 Å². The van der Waals surface area contributed by atoms with E-state index in [2.05, 4.69) is 10.3 Å². The molecule has 0 fully saturated rings. The van der Waals surface area contributed by atoms with Gasteiger partial charge in [0.2, 0.25) is 5.78 Å². The number of aromatic hydroxyl groups is 1. The largest absolute Gasteiger partial charge is 0.507 e. The third-order valence-electron chi connectivity index (χ3n) is 7.02. The molecule has 8 heteroatoms. The van der Waals surface area contributed by atoms with E-state index in [-0.39, 0.29) is 28.4 Å². The van der Waals surface area contributed by atoms with Crippen LogP contribution >= 0.6 is 0 Å². The van der Waals surface area contributed by atoms with E-state index in [1.807, 2.05) is 30.5 Å². The highest BCUT2D eigenvalue weighted by molar-refractivity contribution is 6.31. The number of ketones is 3. The van der Waals surface area contributed by atoms with Gasteiger partial charge in [0, 0.05) is 41.0 Å². The number of carbonyl (C=O) groups excluding carboxylic acids is 3. The van der Waals surface area contributed by atoms with Gasteiger partial charge in [-0.05, 0) is 38.8 Å². The summed E-state index contributed by atoms with van der Waals surface area (Å²) < 4.78 is 11.7. The number of nitrogens with one attached hydrogen (secondary N) is 2. The number of phenols is 1. The Morgan fingerprint density at radius 3 is 2.71 bits per heavy atom. The van der Waals surface area contributed by atoms with Crippen LogP contribution in [0.15, 0.2) is 53.6 Å². The number of allylic oxidation sites excluding steroid dienone is 2. The predicted molar refractivity (Wildman–Crippen MR) is 127 cm³/mol. The average molecular weight is 470 g/mol. The minimum absolute atomic E-state index is 0.00937. The monoisotopic (exact) mass is 470 g/mol. The van der Waals surface area contributed by atoms with Crippen molar-refractivity contribution in [2.75, 3.05) is 6.54 Å². The lowest BCUT2D eigenvalue weighted by Crippen LogP contribution is -2.52. The van der Waals surface area contributed by atoms with Crippen LogP contribution in [0.3, 0.4) is 0 Å². The SMILES string of the molecule is CC(=O)c1c(O)c(C)c2c3c1OC1=CC(=O)/C(=C(/C)NCCc4c[nH]c5ccccc45)C(=O)C13O2. The number of para-hydroxylation sites is 1. The first-order chi connectivity index (χ1) is 16.8. The number of carbonyl (C=O) groups is 3. The van der Waals surface area contributed by atoms with Crippen molar-refractivity contribution in [2.24, 2.45) is 0 Å². The number of hydrogen-bond donors (Lipinski definition) is 3. The van der Waals surface area contributed by atoms with Gasteiger partial charge in [-0.1, -0.05) is 18.2 Å². The van der Waals surface area contributed by atoms with Gasteiger partial charge in [-0.25, -0.2) is 0 Å². The van der Waals surface area contributed by atoms with E-state index in [1.54, 1.807) is 13.8 Å². The number of fused-ring (bicyclic) bond motifs is 1. The highest BCUT2D eigenvalue weighted by Crippen LogP contribution is 2.64. The van der Waals surface area contributed by atoms with E-state index in [9.17, 15) is 19.5 Å². The van der Waals surface area contributed by atoms with Crippen LogP contribution in [0.1, 0.15) is 40.9 Å². The summed E-state index contributed by atoms with van der Waals surface area (Å²) >= 11 is 0. The molecule has 3 aliphatic rings. The molecule has 0 radical (unpaired) electrons. The normalized spacial score (nSPS) is 20.9. The van der Waals surface area contributed by atoms with Gasteiger partial charge in [0.05, 0.1) is 11.1 Å². The maximum Gasteiger partial charge on any atom is 0.261 e. The zero-order valence-corrected chi connectivity index (χ0v) is 19.4. The van der Waals surface area contributed by atoms with Crippen molar-refractivity contribution in [3.8, 4) is 17.2 Å². The Morgan fingerprint density at radius 2 is 1.94 bits per heavy atom. The third kappa shape index (κ3) is 2.65. The van der Waals surface area contributed by atoms with Gasteiger partial charge < -0.3 is 24.9 Å². The van der Waals surface area contributed by atoms with Crippen molar-refractivity contribution < 1.29 is 29.0 Å². The highest BCUT2D eigenvalue weighted by Gasteiger charge is 2.67. The summed E-state index contributed by atoms with van der Waals surface area (Å²) in [5.74, 6) is -1.28. The molecule has 3 aromatic rings. The van der Waals surface area contributed by atoms with Gasteiger partial charge in [0.1, 0.15) is 17.1 Å². The quantitative estimate of drug-likeness (QED) is 0.297. The van der Waals surface area contributed by atoms with E-state index >= 15 is 0 Å². The number of rotatable bonds is 5. The van der Waals surface area contributed by atoms with Crippen molar-refractivity contribution in [3.05, 3.63) is 75.8 Å². The molecule has 1 aromatic heterocycles. The van der Waals surface area contributed by atoms with Crippen LogP contribution in [0.2, 0.25) is 0 Å². The Bertz CT molecular complexity index is 1570. The molecule has 3 N–H and O–H groups in total. The van der Waals surface area contributed by atoms with Crippen molar-refractivity contribution in [1.82, 2.24) is 10.3 Å². The summed E-state index contributed by atoms with van der Waals surface area (Å²) in [4.78, 5) is 42.2. The van der Waals surface area contributed by atoms with Crippen LogP contribution in [-0.4, -0.2) is 34.0 Å². The summed E-state index contributed by atoms with van der Waals surface area (Å²) in [6.07, 6.45) is 3.89. The average Bonchev–Trinajstić information content (AvgIpc) is 3.31. The minimum atomic E-state index is -1.60. The first-order valence-corrected chi connectivity index (χ1v) is 11.3. The Morgan fingerprint density at radius 1 is 1.17 bits per heavy atom. The van der Waals surface area contributed by atoms with Crippen molar-refractivity contribution >= 4 is 28.3 Å². The summed E-state index contributed by atoms with van der Waals surface area (Å²) in [5, 5.41) is 14.8. The Balaban J connectivity index is 1.33. The lowest BCUT2D eigenvalue weighted by atomic mass is 9.74. The fourth-order valence-electron chi connectivity index (χ4n) is 5.26. The molecule has 6 rings (SSSR count). The lowest BCUT2D eigenvalue weighted by Gasteiger charge is -2.41. The molecule has 1 spiro atoms. The maximum absolute atomic E-state index is 13.7. The van der Waals surface area contributed by atoms with Gasteiger partial charge in [-0.3, -0.25) is 14.4 Å². The van der Waals surface area contributed by atoms with E-state index in [0.29, 0.717) is 35.5 Å². The lowest BCUT2D eigenvalue weighted by molar-refractivity contribution is -0.135. The molecule has 0 bridgehead atoms. The summed E-state index contributed by atoms with van der Waals surface area (Å²) in [6.45, 7) is 5.12. The molecule has 176 valence electrons. The number of hydrogen-bond acceptors (Lipinski definition) is 7. The highest BCUT2D eigenvalue weighted by atomic mass is 16.6. The van der Waals surface area contributed by atoms with E-state index < -0.39 is 23.0 Å². The van der Waals surface area contributed by atoms with Crippen LogP contribution in [0.5, 0.6) is 17.2 Å². The van der Waals surface area contributed by atoms with Gasteiger partial charge in [0.25, 0.3) is 5.60 Å². The van der Waals surface area contributed by atoms with Gasteiger partial charge in [0.15, 0.2) is 23.1 Å². The Hall–Kier alpha value is -4.33. The standard InChI is InChI=1S/C27H22N2O6/c1-12-23(32)21(14(3)30)25-22-24(12)35-27(22)19(34-25)10-18(31)20(26(27)33)13(2)28-9-8-15-11-29-17-7-5-4-6-16(15)17/h4-7,10-11,28-29,32H,8-9H2,1-3H3/b20-13+. The molecule has 2 aromatic carbocycles. The van der Waals surface area contributed by atoms with E-state index in [4.69, 9.17) is 9.47 Å². The number of phenolic OH excluding ortho intramolecular Hbond substituents is 1. The fraction of sp³-hybridized carbons (Fsp3) is 0.222. The maximum atomic E-state index is 13.7. The van der Waals surface area contributed by atoms with Crippen LogP contribution in [0, 0.1) is 6.92 Å². The summed E-state index contributed by atoms with van der Waals surface area (Å²) in [6, 6.07) is 8.01. The molecule has 1 atom stereocenters. The number of ether oxygens (including phenoxy) is 2. The van der Waals surface area contributed by atoms with Crippen molar-refractivity contribution in [2.45, 2.75) is 32.8 Å². The number of H-pyrrole nitrogens is 1. The predicted octanol–water partition coefficient (Wildman–Crippen LogP) is 3.51. The molecule has 1 aliphatic carbocycles. The number of Topliss-reactive ketones (excluding diaryl/α,β-unsaturated/α-hetero) is 2. The van der Waals surface area contributed by atoms with Crippen LogP contribution in [0.25, 0.3) is 10.9 Å². The zero-order valence-electron chi connectivity index (χ0n) is 19.4. The molecular formula is C27H22N2O6. The fourth-order valence-corrected chi connectivity index (χ4v) is 5.26. The van der Waals surface area contributed by atoms with Crippen molar-refractivity contribution in [3.63, 3.8) is 0 Å². The van der Waals surface area contributed by atoms with E-state index in [1.165, 1.54) is 13.0 Å². The smallest absolute Gasteiger partial charge is 0.261 e. The number of aromatic nitrogens is 1. The Kier molecular flexibility index (Phi) is 4.30. The van der Waals surface area contributed by atoms with E-state index in [0.717, 1.165) is 16.5 Å².